The lowest BCUT2D eigenvalue weighted by Gasteiger charge is -2.32. The SMILES string of the molecule is CCNC(=NCc1cc(N(C)C)nc2ccccc12)N1CCC(N2CCOCC2)C1. The number of fused-ring (bicyclic) bond motifs is 1. The maximum absolute atomic E-state index is 5.52. The number of benzene rings is 1. The van der Waals surface area contributed by atoms with Gasteiger partial charge in [0.1, 0.15) is 5.82 Å². The van der Waals surface area contributed by atoms with Gasteiger partial charge < -0.3 is 19.9 Å². The van der Waals surface area contributed by atoms with Crippen molar-refractivity contribution in [2.24, 2.45) is 4.99 Å². The van der Waals surface area contributed by atoms with E-state index in [1.165, 1.54) is 17.4 Å². The number of aromatic nitrogens is 1. The molecule has 0 spiro atoms. The van der Waals surface area contributed by atoms with E-state index in [9.17, 15) is 0 Å². The van der Waals surface area contributed by atoms with Crippen molar-refractivity contribution in [3.8, 4) is 0 Å². The molecule has 2 aliphatic rings. The van der Waals surface area contributed by atoms with E-state index in [2.05, 4.69) is 51.2 Å². The van der Waals surface area contributed by atoms with Crippen molar-refractivity contribution in [1.82, 2.24) is 20.1 Å². The second-order valence-corrected chi connectivity index (χ2v) is 8.26. The number of rotatable bonds is 5. The molecular weight excluding hydrogens is 376 g/mol. The molecule has 3 heterocycles. The fourth-order valence-electron chi connectivity index (χ4n) is 4.35. The molecule has 0 radical (unpaired) electrons. The van der Waals surface area contributed by atoms with Gasteiger partial charge in [-0.3, -0.25) is 4.90 Å². The lowest BCUT2D eigenvalue weighted by molar-refractivity contribution is 0.0195. The minimum atomic E-state index is 0.597. The van der Waals surface area contributed by atoms with Crippen molar-refractivity contribution in [3.63, 3.8) is 0 Å². The van der Waals surface area contributed by atoms with Crippen molar-refractivity contribution in [1.29, 1.82) is 0 Å². The summed E-state index contributed by atoms with van der Waals surface area (Å²) in [6.45, 7) is 9.53. The van der Waals surface area contributed by atoms with E-state index in [-0.39, 0.29) is 0 Å². The van der Waals surface area contributed by atoms with Crippen LogP contribution >= 0.6 is 0 Å². The Morgan fingerprint density at radius 1 is 1.23 bits per heavy atom. The summed E-state index contributed by atoms with van der Waals surface area (Å²) >= 11 is 0. The van der Waals surface area contributed by atoms with E-state index >= 15 is 0 Å². The number of anilines is 1. The van der Waals surface area contributed by atoms with Gasteiger partial charge in [-0.1, -0.05) is 18.2 Å². The maximum Gasteiger partial charge on any atom is 0.194 e. The van der Waals surface area contributed by atoms with E-state index in [0.717, 1.165) is 63.2 Å². The fourth-order valence-corrected chi connectivity index (χ4v) is 4.35. The Morgan fingerprint density at radius 2 is 2.03 bits per heavy atom. The molecular formula is C23H34N6O. The lowest BCUT2D eigenvalue weighted by atomic mass is 10.1. The molecule has 2 fully saturated rings. The number of pyridine rings is 1. The Bertz CT molecular complexity index is 877. The minimum Gasteiger partial charge on any atom is -0.379 e. The van der Waals surface area contributed by atoms with E-state index < -0.39 is 0 Å². The van der Waals surface area contributed by atoms with Gasteiger partial charge in [-0.15, -0.1) is 0 Å². The predicted molar refractivity (Wildman–Crippen MR) is 123 cm³/mol. The molecule has 0 bridgehead atoms. The van der Waals surface area contributed by atoms with E-state index in [1.807, 2.05) is 20.2 Å². The van der Waals surface area contributed by atoms with Crippen LogP contribution in [0.25, 0.3) is 10.9 Å². The number of hydrogen-bond donors (Lipinski definition) is 1. The van der Waals surface area contributed by atoms with Crippen LogP contribution in [-0.2, 0) is 11.3 Å². The van der Waals surface area contributed by atoms with Gasteiger partial charge in [0.15, 0.2) is 5.96 Å². The molecule has 1 aromatic carbocycles. The van der Waals surface area contributed by atoms with E-state index in [4.69, 9.17) is 14.7 Å². The van der Waals surface area contributed by atoms with Gasteiger partial charge in [-0.05, 0) is 31.0 Å². The van der Waals surface area contributed by atoms with Crippen LogP contribution in [0.1, 0.15) is 18.9 Å². The van der Waals surface area contributed by atoms with Crippen LogP contribution in [0.2, 0.25) is 0 Å². The average molecular weight is 411 g/mol. The van der Waals surface area contributed by atoms with E-state index in [1.54, 1.807) is 0 Å². The molecule has 7 nitrogen and oxygen atoms in total. The molecule has 30 heavy (non-hydrogen) atoms. The highest BCUT2D eigenvalue weighted by atomic mass is 16.5. The molecule has 0 aliphatic carbocycles. The zero-order valence-electron chi connectivity index (χ0n) is 18.5. The van der Waals surface area contributed by atoms with Crippen molar-refractivity contribution in [2.45, 2.75) is 25.9 Å². The van der Waals surface area contributed by atoms with Crippen LogP contribution < -0.4 is 10.2 Å². The molecule has 1 unspecified atom stereocenters. The Hall–Kier alpha value is -2.38. The zero-order chi connectivity index (χ0) is 20.9. The zero-order valence-corrected chi connectivity index (χ0v) is 18.5. The first-order chi connectivity index (χ1) is 14.7. The second-order valence-electron chi connectivity index (χ2n) is 8.26. The monoisotopic (exact) mass is 410 g/mol. The number of morpholine rings is 1. The van der Waals surface area contributed by atoms with Gasteiger partial charge in [-0.2, -0.15) is 0 Å². The number of nitrogens with one attached hydrogen (secondary N) is 1. The number of guanidine groups is 1. The number of para-hydroxylation sites is 1. The third kappa shape index (κ3) is 4.68. The Kier molecular flexibility index (Phi) is 6.69. The van der Waals surface area contributed by atoms with Crippen molar-refractivity contribution >= 4 is 22.7 Å². The Morgan fingerprint density at radius 3 is 2.80 bits per heavy atom. The minimum absolute atomic E-state index is 0.597. The Labute approximate surface area is 179 Å². The summed E-state index contributed by atoms with van der Waals surface area (Å²) in [6, 6.07) is 11.1. The molecule has 2 saturated heterocycles. The summed E-state index contributed by atoms with van der Waals surface area (Å²) in [6.07, 6.45) is 1.19. The van der Waals surface area contributed by atoms with Crippen LogP contribution in [-0.4, -0.2) is 86.8 Å². The molecule has 7 heteroatoms. The topological polar surface area (TPSA) is 56.2 Å². The van der Waals surface area contributed by atoms with Crippen LogP contribution in [0.4, 0.5) is 5.82 Å². The summed E-state index contributed by atoms with van der Waals surface area (Å²) < 4.78 is 5.52. The summed E-state index contributed by atoms with van der Waals surface area (Å²) in [4.78, 5) is 16.9. The molecule has 162 valence electrons. The normalized spacial score (nSPS) is 20.7. The van der Waals surface area contributed by atoms with Crippen LogP contribution in [0, 0.1) is 0 Å². The molecule has 4 rings (SSSR count). The highest BCUT2D eigenvalue weighted by Crippen LogP contribution is 2.23. The standard InChI is InChI=1S/C23H34N6O/c1-4-24-23(29-10-9-19(17-29)28-11-13-30-14-12-28)25-16-18-15-22(27(2)3)26-21-8-6-5-7-20(18)21/h5-8,15,19H,4,9-14,16-17H2,1-3H3,(H,24,25). The molecule has 2 aliphatic heterocycles. The third-order valence-corrected chi connectivity index (χ3v) is 6.01. The summed E-state index contributed by atoms with van der Waals surface area (Å²) in [5.74, 6) is 1.98. The summed E-state index contributed by atoms with van der Waals surface area (Å²) in [5.41, 5.74) is 2.23. The fraction of sp³-hybridized carbons (Fsp3) is 0.565. The number of aliphatic imine (C=N–C) groups is 1. The van der Waals surface area contributed by atoms with E-state index in [0.29, 0.717) is 12.6 Å². The van der Waals surface area contributed by atoms with Gasteiger partial charge in [0, 0.05) is 58.2 Å². The number of nitrogens with zero attached hydrogens (tertiary/aromatic N) is 5. The van der Waals surface area contributed by atoms with Crippen molar-refractivity contribution in [2.75, 3.05) is 64.9 Å². The van der Waals surface area contributed by atoms with Crippen LogP contribution in [0.5, 0.6) is 0 Å². The number of hydrogen-bond acceptors (Lipinski definition) is 5. The highest BCUT2D eigenvalue weighted by Gasteiger charge is 2.30. The van der Waals surface area contributed by atoms with Crippen molar-refractivity contribution < 1.29 is 4.74 Å². The molecule has 1 atom stereocenters. The average Bonchev–Trinajstić information content (AvgIpc) is 3.27. The predicted octanol–water partition coefficient (Wildman–Crippen LogP) is 2.17. The van der Waals surface area contributed by atoms with Gasteiger partial charge in [0.2, 0.25) is 0 Å². The van der Waals surface area contributed by atoms with Crippen molar-refractivity contribution in [3.05, 3.63) is 35.9 Å². The van der Waals surface area contributed by atoms with Gasteiger partial charge in [0.05, 0.1) is 25.3 Å². The van der Waals surface area contributed by atoms with Crippen LogP contribution in [0.15, 0.2) is 35.3 Å². The maximum atomic E-state index is 5.52. The van der Waals surface area contributed by atoms with Crippen LogP contribution in [0.3, 0.4) is 0 Å². The molecule has 2 aromatic rings. The lowest BCUT2D eigenvalue weighted by Crippen LogP contribution is -2.46. The number of likely N-dealkylation sites (tertiary alicyclic amines) is 1. The molecule has 0 amide bonds. The quantitative estimate of drug-likeness (QED) is 0.602. The third-order valence-electron chi connectivity index (χ3n) is 6.01. The number of ether oxygens (including phenoxy) is 1. The van der Waals surface area contributed by atoms with Gasteiger partial charge in [0.25, 0.3) is 0 Å². The summed E-state index contributed by atoms with van der Waals surface area (Å²) in [7, 11) is 4.06. The Balaban J connectivity index is 1.53. The first-order valence-corrected chi connectivity index (χ1v) is 11.1. The van der Waals surface area contributed by atoms with Gasteiger partial charge >= 0.3 is 0 Å². The smallest absolute Gasteiger partial charge is 0.194 e. The van der Waals surface area contributed by atoms with Gasteiger partial charge in [-0.25, -0.2) is 9.98 Å². The summed E-state index contributed by atoms with van der Waals surface area (Å²) in [5, 5.41) is 4.69. The molecule has 1 aromatic heterocycles. The highest BCUT2D eigenvalue weighted by molar-refractivity contribution is 5.85. The molecule has 0 saturated carbocycles. The largest absolute Gasteiger partial charge is 0.379 e. The molecule has 1 N–H and O–H groups in total. The second kappa shape index (κ2) is 9.62. The first kappa shape index (κ1) is 20.9. The first-order valence-electron chi connectivity index (χ1n) is 11.1.